The molecule has 27 heavy (non-hydrogen) atoms. The molecule has 2 aliphatic heterocycles. The van der Waals surface area contributed by atoms with Gasteiger partial charge in [-0.1, -0.05) is 32.0 Å². The van der Waals surface area contributed by atoms with E-state index < -0.39 is 0 Å². The Hall–Kier alpha value is -2.08. The fraction of sp³-hybridized carbons (Fsp3) is 0.619. The van der Waals surface area contributed by atoms with Gasteiger partial charge in [-0.25, -0.2) is 0 Å². The van der Waals surface area contributed by atoms with Gasteiger partial charge < -0.3 is 16.0 Å². The second-order valence-electron chi connectivity index (χ2n) is 8.06. The molecule has 1 aromatic rings. The summed E-state index contributed by atoms with van der Waals surface area (Å²) in [5.41, 5.74) is 2.12. The van der Waals surface area contributed by atoms with Gasteiger partial charge in [0, 0.05) is 50.7 Å². The van der Waals surface area contributed by atoms with Crippen LogP contribution in [0.25, 0.3) is 0 Å². The number of nitrogens with one attached hydrogen (secondary N) is 3. The first-order valence-electron chi connectivity index (χ1n) is 10.1. The number of nitrogens with zero attached hydrogens (tertiary/aromatic N) is 2. The van der Waals surface area contributed by atoms with Crippen molar-refractivity contribution in [3.63, 3.8) is 0 Å². The maximum atomic E-state index is 12.0. The van der Waals surface area contributed by atoms with Crippen LogP contribution in [0.15, 0.2) is 29.3 Å². The third kappa shape index (κ3) is 5.22. The standard InChI is InChI=1S/C21H33N5O/c1-15(2)14-26-10-6-7-17(26)13-24-21(22-3)23-12-16-11-20(27)25-19-9-5-4-8-18(16)19/h4-5,8-9,15-17H,6-7,10-14H2,1-3H3,(H,25,27)(H2,22,23,24)/t16?,17-/m1/s1. The maximum absolute atomic E-state index is 12.0. The van der Waals surface area contributed by atoms with Crippen LogP contribution >= 0.6 is 0 Å². The third-order valence-corrected chi connectivity index (χ3v) is 5.45. The highest BCUT2D eigenvalue weighted by Gasteiger charge is 2.26. The summed E-state index contributed by atoms with van der Waals surface area (Å²) in [5, 5.41) is 9.86. The minimum Gasteiger partial charge on any atom is -0.356 e. The molecule has 6 nitrogen and oxygen atoms in total. The molecule has 2 atom stereocenters. The van der Waals surface area contributed by atoms with E-state index in [1.807, 2.05) is 18.2 Å². The van der Waals surface area contributed by atoms with Crippen molar-refractivity contribution in [1.82, 2.24) is 15.5 Å². The van der Waals surface area contributed by atoms with Gasteiger partial charge in [-0.05, 0) is 36.9 Å². The molecule has 3 rings (SSSR count). The molecule has 0 aromatic heterocycles. The van der Waals surface area contributed by atoms with Gasteiger partial charge in [0.15, 0.2) is 5.96 Å². The van der Waals surface area contributed by atoms with Crippen LogP contribution in [0.3, 0.4) is 0 Å². The lowest BCUT2D eigenvalue weighted by atomic mass is 9.90. The number of rotatable bonds is 6. The fourth-order valence-corrected chi connectivity index (χ4v) is 4.17. The molecule has 0 aliphatic carbocycles. The largest absolute Gasteiger partial charge is 0.356 e. The third-order valence-electron chi connectivity index (χ3n) is 5.45. The monoisotopic (exact) mass is 371 g/mol. The Morgan fingerprint density at radius 1 is 1.30 bits per heavy atom. The molecule has 1 unspecified atom stereocenters. The van der Waals surface area contributed by atoms with E-state index in [1.54, 1.807) is 7.05 Å². The van der Waals surface area contributed by atoms with Crippen LogP contribution in [-0.2, 0) is 4.79 Å². The average Bonchev–Trinajstić information content (AvgIpc) is 3.07. The smallest absolute Gasteiger partial charge is 0.225 e. The summed E-state index contributed by atoms with van der Waals surface area (Å²) < 4.78 is 0. The van der Waals surface area contributed by atoms with E-state index in [0.717, 1.165) is 24.7 Å². The van der Waals surface area contributed by atoms with E-state index in [4.69, 9.17) is 0 Å². The van der Waals surface area contributed by atoms with E-state index in [1.165, 1.54) is 24.9 Å². The first kappa shape index (κ1) is 19.7. The van der Waals surface area contributed by atoms with Crippen molar-refractivity contribution in [3.05, 3.63) is 29.8 Å². The van der Waals surface area contributed by atoms with Crippen LogP contribution in [0.2, 0.25) is 0 Å². The zero-order valence-corrected chi connectivity index (χ0v) is 16.8. The maximum Gasteiger partial charge on any atom is 0.225 e. The number of anilines is 1. The number of benzene rings is 1. The summed E-state index contributed by atoms with van der Waals surface area (Å²) in [6, 6.07) is 8.63. The van der Waals surface area contributed by atoms with Crippen LogP contribution < -0.4 is 16.0 Å². The molecule has 6 heteroatoms. The van der Waals surface area contributed by atoms with Crippen LogP contribution in [0, 0.1) is 5.92 Å². The lowest BCUT2D eigenvalue weighted by Crippen LogP contribution is -2.46. The molecule has 0 radical (unpaired) electrons. The van der Waals surface area contributed by atoms with Crippen LogP contribution in [0.4, 0.5) is 5.69 Å². The number of guanidine groups is 1. The quantitative estimate of drug-likeness (QED) is 0.531. The van der Waals surface area contributed by atoms with Crippen LogP contribution in [0.1, 0.15) is 44.6 Å². The number of amides is 1. The predicted octanol–water partition coefficient (Wildman–Crippen LogP) is 2.40. The Labute approximate surface area is 162 Å². The summed E-state index contributed by atoms with van der Waals surface area (Å²) in [7, 11) is 1.80. The zero-order valence-electron chi connectivity index (χ0n) is 16.8. The lowest BCUT2D eigenvalue weighted by Gasteiger charge is -2.28. The highest BCUT2D eigenvalue weighted by molar-refractivity contribution is 5.94. The SMILES string of the molecule is CN=C(NCC1CC(=O)Nc2ccccc21)NC[C@H]1CCCN1CC(C)C. The number of hydrogen-bond acceptors (Lipinski definition) is 3. The van der Waals surface area contributed by atoms with E-state index in [-0.39, 0.29) is 11.8 Å². The molecule has 1 saturated heterocycles. The molecule has 0 saturated carbocycles. The number of para-hydroxylation sites is 1. The molecule has 0 bridgehead atoms. The second-order valence-corrected chi connectivity index (χ2v) is 8.06. The topological polar surface area (TPSA) is 68.8 Å². The van der Waals surface area contributed by atoms with E-state index in [9.17, 15) is 4.79 Å². The number of likely N-dealkylation sites (tertiary alicyclic amines) is 1. The van der Waals surface area contributed by atoms with Crippen molar-refractivity contribution in [2.24, 2.45) is 10.9 Å². The summed E-state index contributed by atoms with van der Waals surface area (Å²) in [6.45, 7) is 8.53. The van der Waals surface area contributed by atoms with Crippen molar-refractivity contribution in [2.45, 2.75) is 45.1 Å². The molecule has 3 N–H and O–H groups in total. The van der Waals surface area contributed by atoms with E-state index in [0.29, 0.717) is 24.9 Å². The van der Waals surface area contributed by atoms with Crippen molar-refractivity contribution in [1.29, 1.82) is 0 Å². The highest BCUT2D eigenvalue weighted by atomic mass is 16.1. The van der Waals surface area contributed by atoms with Gasteiger partial charge in [0.1, 0.15) is 0 Å². The summed E-state index contributed by atoms with van der Waals surface area (Å²) in [5.74, 6) is 1.76. The number of hydrogen-bond donors (Lipinski definition) is 3. The Kier molecular flexibility index (Phi) is 6.72. The zero-order chi connectivity index (χ0) is 19.2. The van der Waals surface area contributed by atoms with E-state index >= 15 is 0 Å². The molecule has 1 fully saturated rings. The Morgan fingerprint density at radius 2 is 2.07 bits per heavy atom. The molecule has 0 spiro atoms. The molecular weight excluding hydrogens is 338 g/mol. The van der Waals surface area contributed by atoms with E-state index in [2.05, 4.69) is 45.8 Å². The van der Waals surface area contributed by atoms with Crippen LogP contribution in [-0.4, -0.2) is 56.0 Å². The normalized spacial score (nSPS) is 23.3. The fourth-order valence-electron chi connectivity index (χ4n) is 4.17. The van der Waals surface area contributed by atoms with Gasteiger partial charge in [0.25, 0.3) is 0 Å². The molecule has 2 aliphatic rings. The first-order chi connectivity index (χ1) is 13.1. The number of carbonyl (C=O) groups excluding carboxylic acids is 1. The number of fused-ring (bicyclic) bond motifs is 1. The molecule has 2 heterocycles. The highest BCUT2D eigenvalue weighted by Crippen LogP contribution is 2.31. The minimum absolute atomic E-state index is 0.0822. The number of carbonyl (C=O) groups is 1. The van der Waals surface area contributed by atoms with Crippen molar-refractivity contribution in [2.75, 3.05) is 38.5 Å². The van der Waals surface area contributed by atoms with Crippen molar-refractivity contribution >= 4 is 17.6 Å². The summed E-state index contributed by atoms with van der Waals surface area (Å²) in [4.78, 5) is 18.9. The summed E-state index contributed by atoms with van der Waals surface area (Å²) in [6.07, 6.45) is 3.03. The first-order valence-corrected chi connectivity index (χ1v) is 10.1. The Balaban J connectivity index is 1.52. The van der Waals surface area contributed by atoms with Gasteiger partial charge in [-0.2, -0.15) is 0 Å². The van der Waals surface area contributed by atoms with Gasteiger partial charge in [0.2, 0.25) is 5.91 Å². The van der Waals surface area contributed by atoms with Crippen LogP contribution in [0.5, 0.6) is 0 Å². The Bertz CT molecular complexity index is 672. The summed E-state index contributed by atoms with van der Waals surface area (Å²) >= 11 is 0. The average molecular weight is 372 g/mol. The van der Waals surface area contributed by atoms with Gasteiger partial charge in [0.05, 0.1) is 0 Å². The Morgan fingerprint density at radius 3 is 2.85 bits per heavy atom. The molecular formula is C21H33N5O. The van der Waals surface area contributed by atoms with Gasteiger partial charge in [-0.3, -0.25) is 14.7 Å². The minimum atomic E-state index is 0.0822. The lowest BCUT2D eigenvalue weighted by molar-refractivity contribution is -0.116. The predicted molar refractivity (Wildman–Crippen MR) is 111 cm³/mol. The second kappa shape index (κ2) is 9.22. The van der Waals surface area contributed by atoms with Gasteiger partial charge >= 0.3 is 0 Å². The van der Waals surface area contributed by atoms with Crippen molar-refractivity contribution in [3.8, 4) is 0 Å². The molecule has 1 amide bonds. The number of aliphatic imine (C=N–C) groups is 1. The van der Waals surface area contributed by atoms with Crippen molar-refractivity contribution < 1.29 is 4.79 Å². The van der Waals surface area contributed by atoms with Gasteiger partial charge in [-0.15, -0.1) is 0 Å². The molecule has 148 valence electrons. The molecule has 1 aromatic carbocycles.